The van der Waals surface area contributed by atoms with E-state index >= 15 is 0 Å². The lowest BCUT2D eigenvalue weighted by atomic mass is 9.95. The summed E-state index contributed by atoms with van der Waals surface area (Å²) in [6.07, 6.45) is -2.40. The van der Waals surface area contributed by atoms with Crippen LogP contribution < -0.4 is 0 Å². The molecule has 1 rings (SSSR count). The van der Waals surface area contributed by atoms with Gasteiger partial charge in [-0.2, -0.15) is 0 Å². The van der Waals surface area contributed by atoms with Gasteiger partial charge in [0.1, 0.15) is 0 Å². The Balaban J connectivity index is 3.69. The molecule has 0 atom stereocenters. The molecule has 0 aliphatic carbocycles. The van der Waals surface area contributed by atoms with E-state index in [0.29, 0.717) is 0 Å². The standard InChI is InChI=1S/C10H10F4O2/c1-3(2)4-5(10(15)16)7(12)9(14)8(13)6(4)11/h3,10,15-16H,1-2H3. The Bertz CT molecular complexity index is 377. The first kappa shape index (κ1) is 12.9. The normalized spacial score (nSPS) is 11.6. The molecule has 0 aliphatic heterocycles. The molecule has 0 bridgehead atoms. The van der Waals surface area contributed by atoms with Gasteiger partial charge in [-0.3, -0.25) is 0 Å². The van der Waals surface area contributed by atoms with Crippen molar-refractivity contribution in [1.82, 2.24) is 0 Å². The monoisotopic (exact) mass is 238 g/mol. The minimum Gasteiger partial charge on any atom is -0.364 e. The maximum absolute atomic E-state index is 13.3. The fourth-order valence-corrected chi connectivity index (χ4v) is 1.48. The van der Waals surface area contributed by atoms with Crippen LogP contribution in [0.1, 0.15) is 37.2 Å². The number of aliphatic hydroxyl groups is 2. The Morgan fingerprint density at radius 3 is 1.44 bits per heavy atom. The molecule has 1 aromatic rings. The summed E-state index contributed by atoms with van der Waals surface area (Å²) >= 11 is 0. The van der Waals surface area contributed by atoms with Crippen LogP contribution in [0.3, 0.4) is 0 Å². The minimum atomic E-state index is -2.40. The van der Waals surface area contributed by atoms with E-state index in [0.717, 1.165) is 0 Å². The molecular formula is C10H10F4O2. The lowest BCUT2D eigenvalue weighted by Crippen LogP contribution is -2.13. The van der Waals surface area contributed by atoms with Crippen LogP contribution in [-0.2, 0) is 0 Å². The van der Waals surface area contributed by atoms with Gasteiger partial charge in [0.15, 0.2) is 29.6 Å². The summed E-state index contributed by atoms with van der Waals surface area (Å²) in [5.74, 6) is -8.10. The van der Waals surface area contributed by atoms with Crippen LogP contribution in [0, 0.1) is 23.3 Å². The zero-order valence-corrected chi connectivity index (χ0v) is 8.56. The van der Waals surface area contributed by atoms with Crippen molar-refractivity contribution in [3.05, 3.63) is 34.4 Å². The van der Waals surface area contributed by atoms with Crippen LogP contribution in [-0.4, -0.2) is 10.2 Å². The van der Waals surface area contributed by atoms with Gasteiger partial charge in [-0.05, 0) is 5.92 Å². The van der Waals surface area contributed by atoms with E-state index in [1.807, 2.05) is 0 Å². The Hall–Kier alpha value is -1.14. The second kappa shape index (κ2) is 4.39. The number of hydrogen-bond acceptors (Lipinski definition) is 2. The first-order chi connectivity index (χ1) is 7.29. The first-order valence-electron chi connectivity index (χ1n) is 4.50. The lowest BCUT2D eigenvalue weighted by Gasteiger charge is -2.17. The number of halogens is 4. The number of hydrogen-bond donors (Lipinski definition) is 2. The fraction of sp³-hybridized carbons (Fsp3) is 0.400. The van der Waals surface area contributed by atoms with E-state index in [4.69, 9.17) is 10.2 Å². The van der Waals surface area contributed by atoms with Crippen LogP contribution in [0.15, 0.2) is 0 Å². The highest BCUT2D eigenvalue weighted by molar-refractivity contribution is 5.35. The number of rotatable bonds is 2. The van der Waals surface area contributed by atoms with Crippen molar-refractivity contribution in [1.29, 1.82) is 0 Å². The van der Waals surface area contributed by atoms with Gasteiger partial charge in [0.05, 0.1) is 5.56 Å². The molecule has 1 aromatic carbocycles. The summed E-state index contributed by atoms with van der Waals surface area (Å²) < 4.78 is 52.3. The van der Waals surface area contributed by atoms with E-state index < -0.39 is 46.6 Å². The summed E-state index contributed by atoms with van der Waals surface area (Å²) in [7, 11) is 0. The van der Waals surface area contributed by atoms with Crippen molar-refractivity contribution in [2.75, 3.05) is 0 Å². The molecule has 0 radical (unpaired) electrons. The molecule has 90 valence electrons. The Labute approximate surface area is 89.1 Å². The molecule has 0 fully saturated rings. The molecule has 0 aromatic heterocycles. The minimum absolute atomic E-state index is 0.577. The first-order valence-corrected chi connectivity index (χ1v) is 4.50. The Morgan fingerprint density at radius 1 is 0.750 bits per heavy atom. The molecule has 0 amide bonds. The molecule has 2 nitrogen and oxygen atoms in total. The van der Waals surface area contributed by atoms with E-state index in [-0.39, 0.29) is 0 Å². The molecule has 0 spiro atoms. The van der Waals surface area contributed by atoms with Crippen molar-refractivity contribution in [3.63, 3.8) is 0 Å². The van der Waals surface area contributed by atoms with Crippen LogP contribution in [0.2, 0.25) is 0 Å². The van der Waals surface area contributed by atoms with Gasteiger partial charge in [0.25, 0.3) is 0 Å². The predicted molar refractivity (Wildman–Crippen MR) is 47.5 cm³/mol. The summed E-state index contributed by atoms with van der Waals surface area (Å²) in [4.78, 5) is 0. The smallest absolute Gasteiger partial charge is 0.197 e. The summed E-state index contributed by atoms with van der Waals surface area (Å²) in [5, 5.41) is 17.7. The van der Waals surface area contributed by atoms with Crippen molar-refractivity contribution in [2.24, 2.45) is 0 Å². The molecule has 0 heterocycles. The van der Waals surface area contributed by atoms with Crippen LogP contribution in [0.25, 0.3) is 0 Å². The van der Waals surface area contributed by atoms with Gasteiger partial charge < -0.3 is 10.2 Å². The molecule has 2 N–H and O–H groups in total. The zero-order chi connectivity index (χ0) is 12.6. The van der Waals surface area contributed by atoms with E-state index in [9.17, 15) is 17.6 Å². The highest BCUT2D eigenvalue weighted by Crippen LogP contribution is 2.32. The zero-order valence-electron chi connectivity index (χ0n) is 8.56. The third-order valence-electron chi connectivity index (χ3n) is 2.18. The van der Waals surface area contributed by atoms with Gasteiger partial charge >= 0.3 is 0 Å². The van der Waals surface area contributed by atoms with Gasteiger partial charge in [-0.15, -0.1) is 0 Å². The van der Waals surface area contributed by atoms with Gasteiger partial charge in [-0.1, -0.05) is 13.8 Å². The molecule has 0 aliphatic rings. The topological polar surface area (TPSA) is 40.5 Å². The fourth-order valence-electron chi connectivity index (χ4n) is 1.48. The average molecular weight is 238 g/mol. The molecule has 16 heavy (non-hydrogen) atoms. The maximum Gasteiger partial charge on any atom is 0.197 e. The van der Waals surface area contributed by atoms with Crippen molar-refractivity contribution >= 4 is 0 Å². The summed E-state index contributed by atoms with van der Waals surface area (Å²) in [6, 6.07) is 0. The second-order valence-electron chi connectivity index (χ2n) is 3.61. The van der Waals surface area contributed by atoms with Gasteiger partial charge in [-0.25, -0.2) is 17.6 Å². The van der Waals surface area contributed by atoms with Crippen LogP contribution >= 0.6 is 0 Å². The Morgan fingerprint density at radius 2 is 1.12 bits per heavy atom. The van der Waals surface area contributed by atoms with E-state index in [2.05, 4.69) is 0 Å². The van der Waals surface area contributed by atoms with E-state index in [1.54, 1.807) is 0 Å². The molecular weight excluding hydrogens is 228 g/mol. The highest BCUT2D eigenvalue weighted by atomic mass is 19.2. The quantitative estimate of drug-likeness (QED) is 0.359. The molecule has 0 saturated carbocycles. The largest absolute Gasteiger partial charge is 0.364 e. The lowest BCUT2D eigenvalue weighted by molar-refractivity contribution is -0.0466. The highest BCUT2D eigenvalue weighted by Gasteiger charge is 2.29. The second-order valence-corrected chi connectivity index (χ2v) is 3.61. The van der Waals surface area contributed by atoms with Crippen LogP contribution in [0.4, 0.5) is 17.6 Å². The number of benzene rings is 1. The third kappa shape index (κ3) is 1.90. The predicted octanol–water partition coefficient (Wildman–Crippen LogP) is 2.35. The average Bonchev–Trinajstić information content (AvgIpc) is 2.18. The Kier molecular flexibility index (Phi) is 3.54. The molecule has 0 unspecified atom stereocenters. The van der Waals surface area contributed by atoms with Crippen LogP contribution in [0.5, 0.6) is 0 Å². The van der Waals surface area contributed by atoms with Crippen molar-refractivity contribution in [2.45, 2.75) is 26.1 Å². The van der Waals surface area contributed by atoms with Crippen molar-refractivity contribution in [3.8, 4) is 0 Å². The third-order valence-corrected chi connectivity index (χ3v) is 2.18. The summed E-state index contributed by atoms with van der Waals surface area (Å²) in [5.41, 5.74) is -1.54. The SMILES string of the molecule is CC(C)c1c(F)c(F)c(F)c(F)c1C(O)O. The number of aliphatic hydroxyl groups excluding tert-OH is 1. The maximum atomic E-state index is 13.3. The van der Waals surface area contributed by atoms with Gasteiger partial charge in [0.2, 0.25) is 0 Å². The molecule has 6 heteroatoms. The molecule has 0 saturated heterocycles. The van der Waals surface area contributed by atoms with Crippen molar-refractivity contribution < 1.29 is 27.8 Å². The summed E-state index contributed by atoms with van der Waals surface area (Å²) in [6.45, 7) is 2.78. The van der Waals surface area contributed by atoms with E-state index in [1.165, 1.54) is 13.8 Å². The van der Waals surface area contributed by atoms with Gasteiger partial charge in [0, 0.05) is 5.56 Å².